The molecule has 3 rings (SSSR count). The van der Waals surface area contributed by atoms with Crippen molar-refractivity contribution in [1.29, 1.82) is 0 Å². The summed E-state index contributed by atoms with van der Waals surface area (Å²) in [5, 5.41) is 2.67. The predicted molar refractivity (Wildman–Crippen MR) is 106 cm³/mol. The molecule has 2 aromatic heterocycles. The van der Waals surface area contributed by atoms with Crippen molar-refractivity contribution in [1.82, 2.24) is 9.97 Å². The number of pyridine rings is 2. The number of nitrogens with one attached hydrogen (secondary N) is 1. The fourth-order valence-electron chi connectivity index (χ4n) is 2.66. The normalized spacial score (nSPS) is 10.6. The van der Waals surface area contributed by atoms with Gasteiger partial charge in [0.15, 0.2) is 0 Å². The molecular weight excluding hydrogens is 378 g/mol. The van der Waals surface area contributed by atoms with E-state index in [1.165, 1.54) is 30.5 Å². The van der Waals surface area contributed by atoms with Gasteiger partial charge in [-0.3, -0.25) is 9.78 Å². The van der Waals surface area contributed by atoms with E-state index in [1.807, 2.05) is 0 Å². The number of unbranched alkanes of at least 4 members (excludes halogenated alkanes) is 1. The molecule has 6 nitrogen and oxygen atoms in total. The first-order valence-electron chi connectivity index (χ1n) is 9.10. The molecule has 0 aliphatic rings. The minimum absolute atomic E-state index is 0.00286. The molecule has 0 aliphatic carbocycles. The lowest BCUT2D eigenvalue weighted by Crippen LogP contribution is -2.15. The van der Waals surface area contributed by atoms with Crippen molar-refractivity contribution >= 4 is 11.6 Å². The van der Waals surface area contributed by atoms with Gasteiger partial charge in [0, 0.05) is 12.3 Å². The number of carbonyl (C=O) groups is 1. The highest BCUT2D eigenvalue weighted by molar-refractivity contribution is 6.03. The van der Waals surface area contributed by atoms with E-state index < -0.39 is 17.5 Å². The number of nitrogens with zero attached hydrogens (tertiary/aromatic N) is 2. The van der Waals surface area contributed by atoms with Gasteiger partial charge in [-0.15, -0.1) is 0 Å². The van der Waals surface area contributed by atoms with Crippen LogP contribution in [0.1, 0.15) is 23.3 Å². The summed E-state index contributed by atoms with van der Waals surface area (Å²) < 4.78 is 33.7. The Morgan fingerprint density at radius 3 is 2.59 bits per heavy atom. The van der Waals surface area contributed by atoms with Crippen LogP contribution in [0.15, 0.2) is 54.9 Å². The molecule has 1 amide bonds. The molecule has 0 fully saturated rings. The van der Waals surface area contributed by atoms with E-state index in [0.29, 0.717) is 24.6 Å². The Labute approximate surface area is 166 Å². The standard InChI is InChI=1S/C21H20F2N4O2/c22-14-5-3-6-15(23)20(14)16-7-4-8-17(26-16)21(28)27-18-13-25-11-9-19(18)29-12-2-1-10-24/h3-9,11,13H,1-2,10,12,24H2,(H,27,28). The molecule has 0 saturated heterocycles. The van der Waals surface area contributed by atoms with Crippen LogP contribution in [0.4, 0.5) is 14.5 Å². The van der Waals surface area contributed by atoms with Gasteiger partial charge in [0.05, 0.1) is 24.1 Å². The minimum Gasteiger partial charge on any atom is -0.491 e. The third-order valence-corrected chi connectivity index (χ3v) is 4.09. The topological polar surface area (TPSA) is 90.1 Å². The van der Waals surface area contributed by atoms with Gasteiger partial charge < -0.3 is 15.8 Å². The molecule has 8 heteroatoms. The van der Waals surface area contributed by atoms with Gasteiger partial charge in [-0.25, -0.2) is 13.8 Å². The van der Waals surface area contributed by atoms with Crippen molar-refractivity contribution < 1.29 is 18.3 Å². The quantitative estimate of drug-likeness (QED) is 0.564. The van der Waals surface area contributed by atoms with E-state index in [4.69, 9.17) is 10.5 Å². The van der Waals surface area contributed by atoms with Crippen LogP contribution in [0.2, 0.25) is 0 Å². The molecule has 0 aliphatic heterocycles. The van der Waals surface area contributed by atoms with Crippen molar-refractivity contribution in [3.8, 4) is 17.0 Å². The number of amides is 1. The molecule has 150 valence electrons. The van der Waals surface area contributed by atoms with Crippen LogP contribution >= 0.6 is 0 Å². The molecule has 0 spiro atoms. The smallest absolute Gasteiger partial charge is 0.274 e. The van der Waals surface area contributed by atoms with Gasteiger partial charge in [-0.05, 0) is 43.7 Å². The summed E-state index contributed by atoms with van der Waals surface area (Å²) in [5.41, 5.74) is 5.58. The molecule has 3 aromatic rings. The van der Waals surface area contributed by atoms with Crippen molar-refractivity contribution in [2.75, 3.05) is 18.5 Å². The average molecular weight is 398 g/mol. The second-order valence-electron chi connectivity index (χ2n) is 6.17. The maximum atomic E-state index is 14.0. The number of carbonyl (C=O) groups excluding carboxylic acids is 1. The maximum Gasteiger partial charge on any atom is 0.274 e. The summed E-state index contributed by atoms with van der Waals surface area (Å²) in [7, 11) is 0. The van der Waals surface area contributed by atoms with Crippen LogP contribution < -0.4 is 15.8 Å². The van der Waals surface area contributed by atoms with Gasteiger partial charge >= 0.3 is 0 Å². The Morgan fingerprint density at radius 2 is 1.83 bits per heavy atom. The van der Waals surface area contributed by atoms with Gasteiger partial charge in [0.2, 0.25) is 0 Å². The SMILES string of the molecule is NCCCCOc1ccncc1NC(=O)c1cccc(-c2c(F)cccc2F)n1. The molecular formula is C21H20F2N4O2. The van der Waals surface area contributed by atoms with Crippen LogP contribution in [0.25, 0.3) is 11.3 Å². The molecule has 0 unspecified atom stereocenters. The summed E-state index contributed by atoms with van der Waals surface area (Å²) in [4.78, 5) is 20.7. The Morgan fingerprint density at radius 1 is 1.07 bits per heavy atom. The fraction of sp³-hybridized carbons (Fsp3) is 0.190. The maximum absolute atomic E-state index is 14.0. The van der Waals surface area contributed by atoms with E-state index in [2.05, 4.69) is 15.3 Å². The summed E-state index contributed by atoms with van der Waals surface area (Å²) >= 11 is 0. The van der Waals surface area contributed by atoms with E-state index in [0.717, 1.165) is 25.0 Å². The highest BCUT2D eigenvalue weighted by Crippen LogP contribution is 2.26. The molecule has 29 heavy (non-hydrogen) atoms. The van der Waals surface area contributed by atoms with Crippen molar-refractivity contribution in [3.63, 3.8) is 0 Å². The van der Waals surface area contributed by atoms with Crippen LogP contribution in [0, 0.1) is 11.6 Å². The average Bonchev–Trinajstić information content (AvgIpc) is 2.72. The Balaban J connectivity index is 1.79. The molecule has 1 aromatic carbocycles. The second kappa shape index (κ2) is 9.70. The Bertz CT molecular complexity index is 978. The highest BCUT2D eigenvalue weighted by atomic mass is 19.1. The van der Waals surface area contributed by atoms with Crippen LogP contribution in [-0.4, -0.2) is 29.0 Å². The van der Waals surface area contributed by atoms with Crippen molar-refractivity contribution in [2.24, 2.45) is 5.73 Å². The summed E-state index contributed by atoms with van der Waals surface area (Å²) in [6, 6.07) is 9.58. The minimum atomic E-state index is -0.754. The summed E-state index contributed by atoms with van der Waals surface area (Å²) in [6.07, 6.45) is 4.62. The lowest BCUT2D eigenvalue weighted by molar-refractivity contribution is 0.102. The monoisotopic (exact) mass is 398 g/mol. The first kappa shape index (κ1) is 20.3. The van der Waals surface area contributed by atoms with E-state index in [-0.39, 0.29) is 17.0 Å². The molecule has 3 N–H and O–H groups in total. The van der Waals surface area contributed by atoms with Gasteiger partial charge in [0.25, 0.3) is 5.91 Å². The largest absolute Gasteiger partial charge is 0.491 e. The van der Waals surface area contributed by atoms with Gasteiger partial charge in [0.1, 0.15) is 28.8 Å². The number of benzene rings is 1. The van der Waals surface area contributed by atoms with Gasteiger partial charge in [-0.2, -0.15) is 0 Å². The predicted octanol–water partition coefficient (Wildman–Crippen LogP) is 3.79. The number of aromatic nitrogens is 2. The number of ether oxygens (including phenoxy) is 1. The summed E-state index contributed by atoms with van der Waals surface area (Å²) in [5.74, 6) is -1.60. The molecule has 0 saturated carbocycles. The zero-order valence-corrected chi connectivity index (χ0v) is 15.6. The Hall–Kier alpha value is -3.39. The van der Waals surface area contributed by atoms with E-state index in [9.17, 15) is 13.6 Å². The zero-order valence-electron chi connectivity index (χ0n) is 15.6. The number of rotatable bonds is 8. The van der Waals surface area contributed by atoms with Crippen LogP contribution in [0.5, 0.6) is 5.75 Å². The van der Waals surface area contributed by atoms with Crippen molar-refractivity contribution in [2.45, 2.75) is 12.8 Å². The fourth-order valence-corrected chi connectivity index (χ4v) is 2.66. The first-order valence-corrected chi connectivity index (χ1v) is 9.10. The van der Waals surface area contributed by atoms with E-state index >= 15 is 0 Å². The third kappa shape index (κ3) is 5.11. The zero-order chi connectivity index (χ0) is 20.6. The van der Waals surface area contributed by atoms with Crippen molar-refractivity contribution in [3.05, 3.63) is 72.2 Å². The number of anilines is 1. The van der Waals surface area contributed by atoms with Crippen LogP contribution in [-0.2, 0) is 0 Å². The number of hydrogen-bond donors (Lipinski definition) is 2. The second-order valence-corrected chi connectivity index (χ2v) is 6.17. The molecule has 2 heterocycles. The third-order valence-electron chi connectivity index (χ3n) is 4.09. The summed E-state index contributed by atoms with van der Waals surface area (Å²) in [6.45, 7) is 1.03. The van der Waals surface area contributed by atoms with E-state index in [1.54, 1.807) is 12.3 Å². The highest BCUT2D eigenvalue weighted by Gasteiger charge is 2.16. The lowest BCUT2D eigenvalue weighted by atomic mass is 10.1. The number of halogens is 2. The number of hydrogen-bond acceptors (Lipinski definition) is 5. The van der Waals surface area contributed by atoms with Crippen LogP contribution in [0.3, 0.4) is 0 Å². The first-order chi connectivity index (χ1) is 14.1. The lowest BCUT2D eigenvalue weighted by Gasteiger charge is -2.12. The molecule has 0 radical (unpaired) electrons. The molecule has 0 bridgehead atoms. The molecule has 0 atom stereocenters. The number of nitrogens with two attached hydrogens (primary N) is 1. The van der Waals surface area contributed by atoms with Gasteiger partial charge in [-0.1, -0.05) is 12.1 Å². The Kier molecular flexibility index (Phi) is 6.80.